The fourth-order valence-corrected chi connectivity index (χ4v) is 1.74. The number of aromatic hydroxyl groups is 1. The first-order valence-corrected chi connectivity index (χ1v) is 5.42. The van der Waals surface area contributed by atoms with Gasteiger partial charge in [-0.2, -0.15) is 0 Å². The number of carbonyl (C=O) groups is 1. The summed E-state index contributed by atoms with van der Waals surface area (Å²) in [4.78, 5) is 10.7. The summed E-state index contributed by atoms with van der Waals surface area (Å²) < 4.78 is 0.637. The highest BCUT2D eigenvalue weighted by atomic mass is 79.9. The Kier molecular flexibility index (Phi) is 3.74. The molecular weight excluding hydrogens is 260 g/mol. The van der Waals surface area contributed by atoms with E-state index in [-0.39, 0.29) is 5.75 Å². The van der Waals surface area contributed by atoms with E-state index < -0.39 is 11.9 Å². The van der Waals surface area contributed by atoms with Crippen LogP contribution in [0.1, 0.15) is 18.1 Å². The van der Waals surface area contributed by atoms with Crippen LogP contribution in [0.5, 0.6) is 5.75 Å². The van der Waals surface area contributed by atoms with E-state index in [1.807, 2.05) is 6.92 Å². The molecule has 2 N–H and O–H groups in total. The SMILES string of the molecule is Cc1c(CC(C)C(=O)O)ccc(O)c1Br. The molecule has 0 spiro atoms. The summed E-state index contributed by atoms with van der Waals surface area (Å²) in [6.45, 7) is 3.52. The number of phenolic OH excluding ortho intramolecular Hbond substituents is 1. The third-order valence-corrected chi connectivity index (χ3v) is 3.43. The zero-order valence-electron chi connectivity index (χ0n) is 8.62. The first kappa shape index (κ1) is 12.0. The van der Waals surface area contributed by atoms with Gasteiger partial charge in [0.15, 0.2) is 0 Å². The average molecular weight is 273 g/mol. The Hall–Kier alpha value is -1.03. The number of rotatable bonds is 3. The predicted octanol–water partition coefficient (Wildman–Crippen LogP) is 2.73. The topological polar surface area (TPSA) is 57.5 Å². The number of halogens is 1. The third-order valence-electron chi connectivity index (χ3n) is 2.43. The van der Waals surface area contributed by atoms with Crippen LogP contribution in [-0.4, -0.2) is 16.2 Å². The van der Waals surface area contributed by atoms with Gasteiger partial charge < -0.3 is 10.2 Å². The fraction of sp³-hybridized carbons (Fsp3) is 0.364. The minimum Gasteiger partial charge on any atom is -0.507 e. The van der Waals surface area contributed by atoms with Crippen molar-refractivity contribution in [1.82, 2.24) is 0 Å². The second kappa shape index (κ2) is 4.66. The molecule has 1 aromatic rings. The van der Waals surface area contributed by atoms with Crippen LogP contribution in [0, 0.1) is 12.8 Å². The molecule has 1 rings (SSSR count). The second-order valence-electron chi connectivity index (χ2n) is 3.63. The molecule has 0 fully saturated rings. The van der Waals surface area contributed by atoms with Gasteiger partial charge in [-0.3, -0.25) is 4.79 Å². The molecule has 0 aliphatic heterocycles. The Balaban J connectivity index is 2.97. The van der Waals surface area contributed by atoms with Gasteiger partial charge in [-0.1, -0.05) is 13.0 Å². The molecule has 0 amide bonds. The Morgan fingerprint density at radius 3 is 2.67 bits per heavy atom. The van der Waals surface area contributed by atoms with Gasteiger partial charge in [-0.05, 0) is 46.5 Å². The summed E-state index contributed by atoms with van der Waals surface area (Å²) >= 11 is 3.26. The van der Waals surface area contributed by atoms with Gasteiger partial charge in [0.05, 0.1) is 10.4 Å². The van der Waals surface area contributed by atoms with Crippen molar-refractivity contribution in [1.29, 1.82) is 0 Å². The van der Waals surface area contributed by atoms with Gasteiger partial charge in [0.1, 0.15) is 5.75 Å². The normalized spacial score (nSPS) is 12.5. The van der Waals surface area contributed by atoms with Crippen LogP contribution in [0.15, 0.2) is 16.6 Å². The Morgan fingerprint density at radius 1 is 1.53 bits per heavy atom. The molecule has 3 nitrogen and oxygen atoms in total. The zero-order chi connectivity index (χ0) is 11.6. The van der Waals surface area contributed by atoms with E-state index in [4.69, 9.17) is 5.11 Å². The van der Waals surface area contributed by atoms with E-state index in [1.54, 1.807) is 19.1 Å². The molecule has 4 heteroatoms. The Labute approximate surface area is 96.9 Å². The monoisotopic (exact) mass is 272 g/mol. The smallest absolute Gasteiger partial charge is 0.306 e. The molecule has 1 atom stereocenters. The number of aliphatic carboxylic acids is 1. The van der Waals surface area contributed by atoms with Crippen molar-refractivity contribution in [2.24, 2.45) is 5.92 Å². The molecule has 0 saturated heterocycles. The van der Waals surface area contributed by atoms with Crippen molar-refractivity contribution in [2.75, 3.05) is 0 Å². The standard InChI is InChI=1S/C11H13BrO3/c1-6(11(14)15)5-8-3-4-9(13)10(12)7(8)2/h3-4,6,13H,5H2,1-2H3,(H,14,15). The zero-order valence-corrected chi connectivity index (χ0v) is 10.2. The van der Waals surface area contributed by atoms with E-state index in [0.717, 1.165) is 11.1 Å². The predicted molar refractivity (Wildman–Crippen MR) is 61.0 cm³/mol. The molecular formula is C11H13BrO3. The lowest BCUT2D eigenvalue weighted by Gasteiger charge is -2.11. The molecule has 0 aliphatic carbocycles. The molecule has 0 aliphatic rings. The lowest BCUT2D eigenvalue weighted by molar-refractivity contribution is -0.141. The summed E-state index contributed by atoms with van der Waals surface area (Å²) in [5.41, 5.74) is 1.83. The van der Waals surface area contributed by atoms with Crippen LogP contribution in [0.2, 0.25) is 0 Å². The molecule has 0 aromatic heterocycles. The lowest BCUT2D eigenvalue weighted by Crippen LogP contribution is -2.12. The van der Waals surface area contributed by atoms with Crippen LogP contribution in [0.25, 0.3) is 0 Å². The van der Waals surface area contributed by atoms with Crippen LogP contribution < -0.4 is 0 Å². The molecule has 1 aromatic carbocycles. The minimum absolute atomic E-state index is 0.180. The number of carboxylic acids is 1. The summed E-state index contributed by atoms with van der Waals surface area (Å²) in [5.74, 6) is -1.04. The van der Waals surface area contributed by atoms with Crippen molar-refractivity contribution >= 4 is 21.9 Å². The summed E-state index contributed by atoms with van der Waals surface area (Å²) in [6.07, 6.45) is 0.472. The summed E-state index contributed by atoms with van der Waals surface area (Å²) in [7, 11) is 0. The number of benzene rings is 1. The van der Waals surface area contributed by atoms with Gasteiger partial charge in [0, 0.05) is 0 Å². The quantitative estimate of drug-likeness (QED) is 0.890. The van der Waals surface area contributed by atoms with E-state index in [0.29, 0.717) is 10.9 Å². The van der Waals surface area contributed by atoms with Crippen LogP contribution in [0.3, 0.4) is 0 Å². The van der Waals surface area contributed by atoms with Gasteiger partial charge in [0.25, 0.3) is 0 Å². The largest absolute Gasteiger partial charge is 0.507 e. The second-order valence-corrected chi connectivity index (χ2v) is 4.42. The van der Waals surface area contributed by atoms with E-state index in [9.17, 15) is 9.90 Å². The van der Waals surface area contributed by atoms with Crippen LogP contribution in [0.4, 0.5) is 0 Å². The van der Waals surface area contributed by atoms with E-state index in [2.05, 4.69) is 15.9 Å². The molecule has 1 unspecified atom stereocenters. The molecule has 0 radical (unpaired) electrons. The third kappa shape index (κ3) is 2.72. The van der Waals surface area contributed by atoms with Gasteiger partial charge >= 0.3 is 5.97 Å². The van der Waals surface area contributed by atoms with E-state index in [1.165, 1.54) is 0 Å². The lowest BCUT2D eigenvalue weighted by atomic mass is 9.97. The Morgan fingerprint density at radius 2 is 2.13 bits per heavy atom. The number of phenols is 1. The van der Waals surface area contributed by atoms with Crippen molar-refractivity contribution in [2.45, 2.75) is 20.3 Å². The number of carboxylic acid groups (broad SMARTS) is 1. The van der Waals surface area contributed by atoms with Crippen LogP contribution in [-0.2, 0) is 11.2 Å². The first-order valence-electron chi connectivity index (χ1n) is 4.63. The molecule has 0 heterocycles. The maximum absolute atomic E-state index is 10.7. The summed E-state index contributed by atoms with van der Waals surface area (Å²) in [6, 6.07) is 3.33. The first-order chi connectivity index (χ1) is 6.93. The highest BCUT2D eigenvalue weighted by Crippen LogP contribution is 2.30. The fourth-order valence-electron chi connectivity index (χ4n) is 1.35. The minimum atomic E-state index is -0.807. The molecule has 0 saturated carbocycles. The average Bonchev–Trinajstić information content (AvgIpc) is 2.18. The van der Waals surface area contributed by atoms with Gasteiger partial charge in [-0.25, -0.2) is 0 Å². The maximum Gasteiger partial charge on any atom is 0.306 e. The van der Waals surface area contributed by atoms with Crippen molar-refractivity contribution in [3.63, 3.8) is 0 Å². The van der Waals surface area contributed by atoms with Crippen molar-refractivity contribution in [3.05, 3.63) is 27.7 Å². The molecule has 0 bridgehead atoms. The highest BCUT2D eigenvalue weighted by molar-refractivity contribution is 9.10. The molecule has 82 valence electrons. The van der Waals surface area contributed by atoms with Crippen molar-refractivity contribution < 1.29 is 15.0 Å². The van der Waals surface area contributed by atoms with Crippen molar-refractivity contribution in [3.8, 4) is 5.75 Å². The summed E-state index contributed by atoms with van der Waals surface area (Å²) in [5, 5.41) is 18.2. The van der Waals surface area contributed by atoms with Gasteiger partial charge in [-0.15, -0.1) is 0 Å². The number of hydrogen-bond acceptors (Lipinski definition) is 2. The van der Waals surface area contributed by atoms with Crippen LogP contribution >= 0.6 is 15.9 Å². The number of hydrogen-bond donors (Lipinski definition) is 2. The maximum atomic E-state index is 10.7. The Bertz CT molecular complexity index is 388. The molecule has 15 heavy (non-hydrogen) atoms. The van der Waals surface area contributed by atoms with Gasteiger partial charge in [0.2, 0.25) is 0 Å². The van der Waals surface area contributed by atoms with E-state index >= 15 is 0 Å². The highest BCUT2D eigenvalue weighted by Gasteiger charge is 2.14.